The Hall–Kier alpha value is -2.36. The van der Waals surface area contributed by atoms with Gasteiger partial charge in [-0.1, -0.05) is 32.0 Å². The van der Waals surface area contributed by atoms with E-state index in [1.807, 2.05) is 31.2 Å². The van der Waals surface area contributed by atoms with Crippen molar-refractivity contribution in [3.63, 3.8) is 0 Å². The number of aromatic amines is 1. The van der Waals surface area contributed by atoms with Gasteiger partial charge in [0.15, 0.2) is 5.78 Å². The van der Waals surface area contributed by atoms with E-state index in [9.17, 15) is 9.59 Å². The fourth-order valence-electron chi connectivity index (χ4n) is 2.95. The summed E-state index contributed by atoms with van der Waals surface area (Å²) >= 11 is 0. The standard InChI is InChI=1S/C19H24N2O2/c1-6-11(2)15-9-7-8-10-16(15)21-19(23)18-12(3)17(14(5)22)13(4)20-18/h7-11,20H,6H2,1-5H3,(H,21,23)/t11-/m0/s1. The number of ketones is 1. The van der Waals surface area contributed by atoms with Gasteiger partial charge in [-0.2, -0.15) is 0 Å². The Morgan fingerprint density at radius 1 is 1.22 bits per heavy atom. The summed E-state index contributed by atoms with van der Waals surface area (Å²) in [4.78, 5) is 27.4. The molecule has 0 aliphatic rings. The Morgan fingerprint density at radius 2 is 1.87 bits per heavy atom. The molecule has 1 aromatic carbocycles. The molecule has 1 aromatic heterocycles. The van der Waals surface area contributed by atoms with E-state index in [4.69, 9.17) is 0 Å². The summed E-state index contributed by atoms with van der Waals surface area (Å²) in [5.74, 6) is 0.120. The van der Waals surface area contributed by atoms with Crippen molar-refractivity contribution < 1.29 is 9.59 Å². The Labute approximate surface area is 137 Å². The molecule has 0 saturated heterocycles. The summed E-state index contributed by atoms with van der Waals surface area (Å²) in [7, 11) is 0. The molecule has 2 N–H and O–H groups in total. The van der Waals surface area contributed by atoms with Gasteiger partial charge in [-0.15, -0.1) is 0 Å². The molecule has 1 heterocycles. The van der Waals surface area contributed by atoms with Crippen molar-refractivity contribution in [1.82, 2.24) is 4.98 Å². The number of benzene rings is 1. The summed E-state index contributed by atoms with van der Waals surface area (Å²) in [6.45, 7) is 9.40. The number of amides is 1. The summed E-state index contributed by atoms with van der Waals surface area (Å²) in [6, 6.07) is 7.85. The average molecular weight is 312 g/mol. The molecular weight excluding hydrogens is 288 g/mol. The van der Waals surface area contributed by atoms with Gasteiger partial charge in [0.05, 0.1) is 0 Å². The molecule has 0 aliphatic carbocycles. The second-order valence-electron chi connectivity index (χ2n) is 6.03. The van der Waals surface area contributed by atoms with Gasteiger partial charge in [0, 0.05) is 16.9 Å². The van der Waals surface area contributed by atoms with Gasteiger partial charge in [-0.3, -0.25) is 9.59 Å². The van der Waals surface area contributed by atoms with Crippen molar-refractivity contribution in [1.29, 1.82) is 0 Å². The molecule has 1 atom stereocenters. The van der Waals surface area contributed by atoms with Crippen LogP contribution in [0.5, 0.6) is 0 Å². The highest BCUT2D eigenvalue weighted by Gasteiger charge is 2.20. The predicted octanol–water partition coefficient (Wildman–Crippen LogP) is 4.60. The molecule has 23 heavy (non-hydrogen) atoms. The normalized spacial score (nSPS) is 12.0. The number of Topliss-reactive ketones (excluding diaryl/α,β-unsaturated/α-hetero) is 1. The van der Waals surface area contributed by atoms with Crippen molar-refractivity contribution in [3.8, 4) is 0 Å². The van der Waals surface area contributed by atoms with Crippen LogP contribution in [0.3, 0.4) is 0 Å². The van der Waals surface area contributed by atoms with E-state index in [1.54, 1.807) is 6.92 Å². The van der Waals surface area contributed by atoms with E-state index in [2.05, 4.69) is 24.1 Å². The number of H-pyrrole nitrogens is 1. The molecular formula is C19H24N2O2. The molecule has 0 bridgehead atoms. The molecule has 2 rings (SSSR count). The van der Waals surface area contributed by atoms with Crippen LogP contribution in [-0.4, -0.2) is 16.7 Å². The number of hydrogen-bond acceptors (Lipinski definition) is 2. The van der Waals surface area contributed by atoms with Crippen LogP contribution in [0.25, 0.3) is 0 Å². The Morgan fingerprint density at radius 3 is 2.43 bits per heavy atom. The molecule has 0 fully saturated rings. The van der Waals surface area contributed by atoms with E-state index < -0.39 is 0 Å². The van der Waals surface area contributed by atoms with Gasteiger partial charge < -0.3 is 10.3 Å². The largest absolute Gasteiger partial charge is 0.354 e. The first-order chi connectivity index (χ1) is 10.9. The maximum atomic E-state index is 12.6. The Bertz CT molecular complexity index is 744. The lowest BCUT2D eigenvalue weighted by Gasteiger charge is -2.15. The van der Waals surface area contributed by atoms with E-state index >= 15 is 0 Å². The first-order valence-electron chi connectivity index (χ1n) is 7.97. The second kappa shape index (κ2) is 6.82. The SMILES string of the molecule is CC[C@H](C)c1ccccc1NC(=O)c1[nH]c(C)c(C(C)=O)c1C. The molecule has 0 spiro atoms. The van der Waals surface area contributed by atoms with Crippen LogP contribution in [-0.2, 0) is 0 Å². The maximum absolute atomic E-state index is 12.6. The molecule has 2 aromatic rings. The zero-order chi connectivity index (χ0) is 17.1. The van der Waals surface area contributed by atoms with Crippen LogP contribution in [0, 0.1) is 13.8 Å². The number of para-hydroxylation sites is 1. The quantitative estimate of drug-likeness (QED) is 0.793. The van der Waals surface area contributed by atoms with E-state index in [0.29, 0.717) is 22.7 Å². The number of nitrogens with one attached hydrogen (secondary N) is 2. The first kappa shape index (κ1) is 17.0. The smallest absolute Gasteiger partial charge is 0.272 e. The lowest BCUT2D eigenvalue weighted by Crippen LogP contribution is -2.15. The molecule has 122 valence electrons. The van der Waals surface area contributed by atoms with Crippen molar-refractivity contribution in [3.05, 3.63) is 52.3 Å². The molecule has 4 nitrogen and oxygen atoms in total. The maximum Gasteiger partial charge on any atom is 0.272 e. The van der Waals surface area contributed by atoms with Gasteiger partial charge in [0.25, 0.3) is 5.91 Å². The number of carbonyl (C=O) groups is 2. The van der Waals surface area contributed by atoms with Crippen LogP contribution >= 0.6 is 0 Å². The highest BCUT2D eigenvalue weighted by atomic mass is 16.2. The third-order valence-electron chi connectivity index (χ3n) is 4.37. The van der Waals surface area contributed by atoms with Gasteiger partial charge >= 0.3 is 0 Å². The second-order valence-corrected chi connectivity index (χ2v) is 6.03. The lowest BCUT2D eigenvalue weighted by molar-refractivity contribution is 0.101. The van der Waals surface area contributed by atoms with Gasteiger partial charge in [0.2, 0.25) is 0 Å². The molecule has 0 aliphatic heterocycles. The topological polar surface area (TPSA) is 62.0 Å². The predicted molar refractivity (Wildman–Crippen MR) is 93.4 cm³/mol. The van der Waals surface area contributed by atoms with E-state index in [1.165, 1.54) is 6.92 Å². The first-order valence-corrected chi connectivity index (χ1v) is 7.97. The number of rotatable bonds is 5. The zero-order valence-corrected chi connectivity index (χ0v) is 14.4. The minimum Gasteiger partial charge on any atom is -0.354 e. The Kier molecular flexibility index (Phi) is 5.04. The minimum absolute atomic E-state index is 0.0321. The number of anilines is 1. The van der Waals surface area contributed by atoms with Crippen molar-refractivity contribution in [2.45, 2.75) is 47.0 Å². The van der Waals surface area contributed by atoms with Crippen LogP contribution in [0.4, 0.5) is 5.69 Å². The summed E-state index contributed by atoms with van der Waals surface area (Å²) < 4.78 is 0. The molecule has 0 radical (unpaired) electrons. The molecule has 0 saturated carbocycles. The highest BCUT2D eigenvalue weighted by molar-refractivity contribution is 6.07. The minimum atomic E-state index is -0.214. The van der Waals surface area contributed by atoms with Crippen LogP contribution in [0.1, 0.15) is 70.8 Å². The van der Waals surface area contributed by atoms with E-state index in [-0.39, 0.29) is 11.7 Å². The summed E-state index contributed by atoms with van der Waals surface area (Å²) in [6.07, 6.45) is 1.00. The third kappa shape index (κ3) is 3.36. The zero-order valence-electron chi connectivity index (χ0n) is 14.4. The fourth-order valence-corrected chi connectivity index (χ4v) is 2.95. The van der Waals surface area contributed by atoms with Gasteiger partial charge in [0.1, 0.15) is 5.69 Å². The van der Waals surface area contributed by atoms with Crippen molar-refractivity contribution in [2.24, 2.45) is 0 Å². The van der Waals surface area contributed by atoms with Gasteiger partial charge in [-0.05, 0) is 50.3 Å². The molecule has 0 unspecified atom stereocenters. The highest BCUT2D eigenvalue weighted by Crippen LogP contribution is 2.27. The summed E-state index contributed by atoms with van der Waals surface area (Å²) in [5.41, 5.74) is 4.43. The molecule has 4 heteroatoms. The average Bonchev–Trinajstić information content (AvgIpc) is 2.82. The van der Waals surface area contributed by atoms with Crippen molar-refractivity contribution in [2.75, 3.05) is 5.32 Å². The monoisotopic (exact) mass is 312 g/mol. The number of carbonyl (C=O) groups excluding carboxylic acids is 2. The van der Waals surface area contributed by atoms with Crippen molar-refractivity contribution >= 4 is 17.4 Å². The number of aromatic nitrogens is 1. The van der Waals surface area contributed by atoms with E-state index in [0.717, 1.165) is 23.4 Å². The fraction of sp³-hybridized carbons (Fsp3) is 0.368. The van der Waals surface area contributed by atoms with Crippen LogP contribution in [0.2, 0.25) is 0 Å². The van der Waals surface area contributed by atoms with Gasteiger partial charge in [-0.25, -0.2) is 0 Å². The number of aryl methyl sites for hydroxylation is 1. The van der Waals surface area contributed by atoms with Crippen LogP contribution in [0.15, 0.2) is 24.3 Å². The molecule has 1 amide bonds. The number of hydrogen-bond donors (Lipinski definition) is 2. The van der Waals surface area contributed by atoms with Crippen LogP contribution < -0.4 is 5.32 Å². The Balaban J connectivity index is 2.34. The third-order valence-corrected chi connectivity index (χ3v) is 4.37. The summed E-state index contributed by atoms with van der Waals surface area (Å²) in [5, 5.41) is 2.98. The lowest BCUT2D eigenvalue weighted by atomic mass is 9.97.